The molecule has 2 rings (SSSR count). The summed E-state index contributed by atoms with van der Waals surface area (Å²) in [6, 6.07) is 2.84. The van der Waals surface area contributed by atoms with Gasteiger partial charge in [0.1, 0.15) is 0 Å². The van der Waals surface area contributed by atoms with E-state index in [1.165, 1.54) is 12.3 Å². The molecule has 0 saturated carbocycles. The van der Waals surface area contributed by atoms with Gasteiger partial charge in [-0.15, -0.1) is 0 Å². The van der Waals surface area contributed by atoms with E-state index in [0.717, 1.165) is 0 Å². The zero-order valence-electron chi connectivity index (χ0n) is 7.74. The maximum absolute atomic E-state index is 11.3. The minimum absolute atomic E-state index is 0.205. The molecule has 6 nitrogen and oxygen atoms in total. The molecule has 6 heteroatoms. The maximum Gasteiger partial charge on any atom is 0.325 e. The van der Waals surface area contributed by atoms with Crippen LogP contribution in [0.25, 0.3) is 0 Å². The van der Waals surface area contributed by atoms with E-state index in [0.29, 0.717) is 18.1 Å². The number of nitrogens with one attached hydrogen (secondary N) is 3. The van der Waals surface area contributed by atoms with Crippen LogP contribution in [-0.2, 0) is 4.79 Å². The summed E-state index contributed by atoms with van der Waals surface area (Å²) in [6.07, 6.45) is 2.79. The smallest absolute Gasteiger partial charge is 0.325 e. The molecular formula is C9H9N3O3. The van der Waals surface area contributed by atoms with Gasteiger partial charge in [0.05, 0.1) is 12.8 Å². The number of urea groups is 1. The van der Waals surface area contributed by atoms with Gasteiger partial charge in [-0.25, -0.2) is 4.79 Å². The zero-order valence-corrected chi connectivity index (χ0v) is 7.74. The molecule has 0 bridgehead atoms. The second kappa shape index (κ2) is 3.87. The van der Waals surface area contributed by atoms with Gasteiger partial charge in [-0.2, -0.15) is 0 Å². The van der Waals surface area contributed by atoms with Crippen molar-refractivity contribution >= 4 is 17.8 Å². The van der Waals surface area contributed by atoms with Crippen LogP contribution < -0.4 is 16.0 Å². The number of hydrogen-bond donors (Lipinski definition) is 3. The number of hydrogen-bond acceptors (Lipinski definition) is 3. The lowest BCUT2D eigenvalue weighted by atomic mass is 10.4. The molecular weight excluding hydrogens is 198 g/mol. The summed E-state index contributed by atoms with van der Waals surface area (Å²) < 4.78 is 4.92. The highest BCUT2D eigenvalue weighted by Gasteiger charge is 2.13. The van der Waals surface area contributed by atoms with Crippen molar-refractivity contribution in [3.05, 3.63) is 30.2 Å². The van der Waals surface area contributed by atoms with Gasteiger partial charge in [0.2, 0.25) is 11.8 Å². The van der Waals surface area contributed by atoms with Gasteiger partial charge in [0, 0.05) is 17.8 Å². The van der Waals surface area contributed by atoms with Gasteiger partial charge in [0.15, 0.2) is 0 Å². The molecule has 0 radical (unpaired) electrons. The summed E-state index contributed by atoms with van der Waals surface area (Å²) in [5.74, 6) is 0.147. The summed E-state index contributed by atoms with van der Waals surface area (Å²) in [6.45, 7) is 0.338. The zero-order chi connectivity index (χ0) is 10.7. The maximum atomic E-state index is 11.3. The molecule has 3 amide bonds. The van der Waals surface area contributed by atoms with E-state index in [2.05, 4.69) is 16.0 Å². The molecule has 0 fully saturated rings. The molecule has 0 atom stereocenters. The number of furan rings is 1. The first-order chi connectivity index (χ1) is 7.24. The van der Waals surface area contributed by atoms with Crippen molar-refractivity contribution in [1.29, 1.82) is 0 Å². The molecule has 0 spiro atoms. The fourth-order valence-electron chi connectivity index (χ4n) is 1.16. The SMILES string of the molecule is O=C1C=C(NC(=O)Nc2ccco2)CN1. The van der Waals surface area contributed by atoms with Crippen LogP contribution in [0.3, 0.4) is 0 Å². The standard InChI is InChI=1S/C9H9N3O3/c13-7-4-6(5-10-7)11-9(14)12-8-2-1-3-15-8/h1-4H,5H2,(H,10,13)(H2,11,12,14). The van der Waals surface area contributed by atoms with Gasteiger partial charge >= 0.3 is 6.03 Å². The minimum atomic E-state index is -0.437. The molecule has 78 valence electrons. The van der Waals surface area contributed by atoms with E-state index in [9.17, 15) is 9.59 Å². The Balaban J connectivity index is 1.88. The Bertz CT molecular complexity index is 408. The third kappa shape index (κ3) is 2.37. The molecule has 1 aliphatic heterocycles. The first kappa shape index (κ1) is 9.32. The van der Waals surface area contributed by atoms with Crippen LogP contribution in [0, 0.1) is 0 Å². The summed E-state index contributed by atoms with van der Waals surface area (Å²) in [5, 5.41) is 7.52. The molecule has 1 aromatic rings. The average molecular weight is 207 g/mol. The Kier molecular flexibility index (Phi) is 2.40. The Labute approximate surface area is 85.3 Å². The lowest BCUT2D eigenvalue weighted by Gasteiger charge is -2.04. The average Bonchev–Trinajstić information content (AvgIpc) is 2.77. The topological polar surface area (TPSA) is 83.4 Å². The number of carbonyl (C=O) groups excluding carboxylic acids is 2. The largest absolute Gasteiger partial charge is 0.449 e. The van der Waals surface area contributed by atoms with E-state index >= 15 is 0 Å². The van der Waals surface area contributed by atoms with E-state index in [1.807, 2.05) is 0 Å². The summed E-state index contributed by atoms with van der Waals surface area (Å²) in [5.41, 5.74) is 0.532. The quantitative estimate of drug-likeness (QED) is 0.657. The first-order valence-electron chi connectivity index (χ1n) is 4.34. The normalized spacial score (nSPS) is 14.4. The van der Waals surface area contributed by atoms with E-state index in [1.54, 1.807) is 12.1 Å². The Hall–Kier alpha value is -2.24. The van der Waals surface area contributed by atoms with Crippen LogP contribution in [-0.4, -0.2) is 18.5 Å². The monoisotopic (exact) mass is 207 g/mol. The minimum Gasteiger partial charge on any atom is -0.449 e. The highest BCUT2D eigenvalue weighted by molar-refractivity contribution is 5.94. The molecule has 0 unspecified atom stereocenters. The van der Waals surface area contributed by atoms with Crippen molar-refractivity contribution in [2.45, 2.75) is 0 Å². The molecule has 0 saturated heterocycles. The summed E-state index contributed by atoms with van der Waals surface area (Å²) in [7, 11) is 0. The van der Waals surface area contributed by atoms with Crippen LogP contribution in [0.2, 0.25) is 0 Å². The van der Waals surface area contributed by atoms with E-state index in [4.69, 9.17) is 4.42 Å². The number of rotatable bonds is 2. The molecule has 15 heavy (non-hydrogen) atoms. The molecule has 2 heterocycles. The number of anilines is 1. The van der Waals surface area contributed by atoms with Gasteiger partial charge in [0.25, 0.3) is 0 Å². The number of carbonyl (C=O) groups is 2. The fraction of sp³-hybridized carbons (Fsp3) is 0.111. The second-order valence-corrected chi connectivity index (χ2v) is 2.94. The Morgan fingerprint density at radius 3 is 2.93 bits per heavy atom. The summed E-state index contributed by atoms with van der Waals surface area (Å²) >= 11 is 0. The lowest BCUT2D eigenvalue weighted by Crippen LogP contribution is -2.29. The predicted octanol–water partition coefficient (Wildman–Crippen LogP) is 0.415. The van der Waals surface area contributed by atoms with E-state index < -0.39 is 6.03 Å². The van der Waals surface area contributed by atoms with Crippen LogP contribution in [0.1, 0.15) is 0 Å². The van der Waals surface area contributed by atoms with E-state index in [-0.39, 0.29) is 5.91 Å². The third-order valence-corrected chi connectivity index (χ3v) is 1.79. The first-order valence-corrected chi connectivity index (χ1v) is 4.34. The predicted molar refractivity (Wildman–Crippen MR) is 52.0 cm³/mol. The van der Waals surface area contributed by atoms with Gasteiger partial charge in [-0.05, 0) is 6.07 Å². The highest BCUT2D eigenvalue weighted by atomic mass is 16.3. The van der Waals surface area contributed by atoms with Crippen LogP contribution >= 0.6 is 0 Å². The molecule has 0 aromatic carbocycles. The van der Waals surface area contributed by atoms with Crippen LogP contribution in [0.15, 0.2) is 34.6 Å². The second-order valence-electron chi connectivity index (χ2n) is 2.94. The fourth-order valence-corrected chi connectivity index (χ4v) is 1.16. The molecule has 1 aliphatic rings. The molecule has 0 aliphatic carbocycles. The molecule has 3 N–H and O–H groups in total. The Morgan fingerprint density at radius 1 is 1.47 bits per heavy atom. The van der Waals surface area contributed by atoms with Crippen molar-refractivity contribution in [2.24, 2.45) is 0 Å². The summed E-state index contributed by atoms with van der Waals surface area (Å²) in [4.78, 5) is 22.1. The van der Waals surface area contributed by atoms with Crippen molar-refractivity contribution in [3.63, 3.8) is 0 Å². The van der Waals surface area contributed by atoms with Crippen molar-refractivity contribution in [2.75, 3.05) is 11.9 Å². The van der Waals surface area contributed by atoms with Crippen LogP contribution in [0.5, 0.6) is 0 Å². The van der Waals surface area contributed by atoms with Gasteiger partial charge in [-0.1, -0.05) is 0 Å². The van der Waals surface area contributed by atoms with Crippen molar-refractivity contribution in [1.82, 2.24) is 10.6 Å². The highest BCUT2D eigenvalue weighted by Crippen LogP contribution is 2.06. The van der Waals surface area contributed by atoms with Crippen molar-refractivity contribution in [3.8, 4) is 0 Å². The van der Waals surface area contributed by atoms with Gasteiger partial charge < -0.3 is 15.1 Å². The Morgan fingerprint density at radius 2 is 2.33 bits per heavy atom. The lowest BCUT2D eigenvalue weighted by molar-refractivity contribution is -0.115. The van der Waals surface area contributed by atoms with Gasteiger partial charge in [-0.3, -0.25) is 10.1 Å². The number of amides is 3. The third-order valence-electron chi connectivity index (χ3n) is 1.79. The molecule has 1 aromatic heterocycles. The van der Waals surface area contributed by atoms with Crippen LogP contribution in [0.4, 0.5) is 10.7 Å². The van der Waals surface area contributed by atoms with Crippen molar-refractivity contribution < 1.29 is 14.0 Å².